The number of nitrogens with one attached hydrogen (secondary N) is 1. The summed E-state index contributed by atoms with van der Waals surface area (Å²) in [6.45, 7) is 1.53. The predicted molar refractivity (Wildman–Crippen MR) is 96.0 cm³/mol. The molecule has 0 unspecified atom stereocenters. The number of carbonyl (C=O) groups is 1. The number of ether oxygens (including phenoxy) is 2. The van der Waals surface area contributed by atoms with Crippen LogP contribution < -0.4 is 14.8 Å². The molecule has 0 aromatic heterocycles. The highest BCUT2D eigenvalue weighted by Gasteiger charge is 2.11. The molecule has 0 radical (unpaired) electrons. The van der Waals surface area contributed by atoms with Crippen molar-refractivity contribution >= 4 is 33.0 Å². The quantitative estimate of drug-likeness (QED) is 0.754. The molecule has 0 atom stereocenters. The van der Waals surface area contributed by atoms with E-state index in [4.69, 9.17) is 9.47 Å². The fourth-order valence-corrected chi connectivity index (χ4v) is 2.52. The van der Waals surface area contributed by atoms with E-state index in [9.17, 15) is 4.79 Å². The van der Waals surface area contributed by atoms with E-state index >= 15 is 0 Å². The average Bonchev–Trinajstić information content (AvgIpc) is 2.54. The Bertz CT molecular complexity index is 741. The van der Waals surface area contributed by atoms with Gasteiger partial charge in [0.15, 0.2) is 17.3 Å². The van der Waals surface area contributed by atoms with Gasteiger partial charge in [-0.25, -0.2) is 0 Å². The second kappa shape index (κ2) is 7.83. The Hall–Kier alpha value is -2.27. The molecule has 0 saturated carbocycles. The van der Waals surface area contributed by atoms with Gasteiger partial charge in [0.25, 0.3) is 0 Å². The summed E-state index contributed by atoms with van der Waals surface area (Å²) in [6.07, 6.45) is 1.70. The molecule has 0 fully saturated rings. The zero-order chi connectivity index (χ0) is 16.8. The van der Waals surface area contributed by atoms with E-state index in [1.807, 2.05) is 30.3 Å². The number of halogens is 1. The van der Waals surface area contributed by atoms with Crippen LogP contribution in [0.25, 0.3) is 5.57 Å². The summed E-state index contributed by atoms with van der Waals surface area (Å²) >= 11 is 3.42. The van der Waals surface area contributed by atoms with Crippen molar-refractivity contribution in [2.75, 3.05) is 19.5 Å². The maximum atomic E-state index is 12.0. The van der Waals surface area contributed by atoms with E-state index in [-0.39, 0.29) is 5.78 Å². The standard InChI is InChI=1S/C18H18BrNO3/c1-12(21)16(11-20-15-6-4-5-14(19)10-15)13-7-8-17(22-2)18(9-13)23-3/h4-11,20H,1-3H3. The van der Waals surface area contributed by atoms with Crippen LogP contribution in [0.5, 0.6) is 11.5 Å². The molecule has 0 bridgehead atoms. The number of ketones is 1. The lowest BCUT2D eigenvalue weighted by atomic mass is 10.0. The van der Waals surface area contributed by atoms with Crippen LogP contribution in [0, 0.1) is 0 Å². The summed E-state index contributed by atoms with van der Waals surface area (Å²) in [5, 5.41) is 3.15. The molecule has 1 N–H and O–H groups in total. The minimum atomic E-state index is -0.0419. The van der Waals surface area contributed by atoms with Crippen molar-refractivity contribution in [2.24, 2.45) is 0 Å². The Balaban J connectivity index is 2.34. The van der Waals surface area contributed by atoms with Gasteiger partial charge < -0.3 is 14.8 Å². The van der Waals surface area contributed by atoms with Gasteiger partial charge in [0, 0.05) is 21.9 Å². The maximum Gasteiger partial charge on any atom is 0.161 e. The molecule has 0 heterocycles. The zero-order valence-electron chi connectivity index (χ0n) is 13.2. The van der Waals surface area contributed by atoms with E-state index in [0.717, 1.165) is 15.7 Å². The first-order valence-electron chi connectivity index (χ1n) is 7.00. The topological polar surface area (TPSA) is 47.6 Å². The summed E-state index contributed by atoms with van der Waals surface area (Å²) in [5.74, 6) is 1.17. The maximum absolute atomic E-state index is 12.0. The molecule has 0 aliphatic rings. The van der Waals surface area contributed by atoms with Crippen LogP contribution in [0.4, 0.5) is 5.69 Å². The van der Waals surface area contributed by atoms with Crippen molar-refractivity contribution in [3.05, 3.63) is 58.7 Å². The van der Waals surface area contributed by atoms with Gasteiger partial charge in [-0.15, -0.1) is 0 Å². The van der Waals surface area contributed by atoms with Crippen LogP contribution in [-0.4, -0.2) is 20.0 Å². The third kappa shape index (κ3) is 4.36. The highest BCUT2D eigenvalue weighted by Crippen LogP contribution is 2.30. The van der Waals surface area contributed by atoms with Crippen molar-refractivity contribution < 1.29 is 14.3 Å². The summed E-state index contributed by atoms with van der Waals surface area (Å²) in [5.41, 5.74) is 2.21. The second-order valence-electron chi connectivity index (χ2n) is 4.84. The van der Waals surface area contributed by atoms with E-state index in [1.54, 1.807) is 32.6 Å². The first kappa shape index (κ1) is 17.1. The normalized spacial score (nSPS) is 11.0. The third-order valence-corrected chi connectivity index (χ3v) is 3.77. The third-order valence-electron chi connectivity index (χ3n) is 3.28. The fourth-order valence-electron chi connectivity index (χ4n) is 2.13. The lowest BCUT2D eigenvalue weighted by Crippen LogP contribution is -2.01. The minimum Gasteiger partial charge on any atom is -0.493 e. The van der Waals surface area contributed by atoms with Crippen molar-refractivity contribution in [2.45, 2.75) is 6.92 Å². The molecule has 2 aromatic carbocycles. The number of hydrogen-bond acceptors (Lipinski definition) is 4. The molecule has 120 valence electrons. The smallest absolute Gasteiger partial charge is 0.161 e. The molecular formula is C18H18BrNO3. The molecule has 0 aliphatic heterocycles. The number of allylic oxidation sites excluding steroid dienone is 1. The molecule has 2 rings (SSSR count). The summed E-state index contributed by atoms with van der Waals surface area (Å²) in [7, 11) is 3.15. The van der Waals surface area contributed by atoms with Crippen LogP contribution in [0.1, 0.15) is 12.5 Å². The van der Waals surface area contributed by atoms with Gasteiger partial charge in [-0.2, -0.15) is 0 Å². The number of anilines is 1. The van der Waals surface area contributed by atoms with Crippen molar-refractivity contribution in [3.63, 3.8) is 0 Å². The summed E-state index contributed by atoms with van der Waals surface area (Å²) in [4.78, 5) is 12.0. The zero-order valence-corrected chi connectivity index (χ0v) is 14.8. The highest BCUT2D eigenvalue weighted by molar-refractivity contribution is 9.10. The molecule has 5 heteroatoms. The summed E-state index contributed by atoms with van der Waals surface area (Å²) in [6, 6.07) is 13.1. The lowest BCUT2D eigenvalue weighted by Gasteiger charge is -2.11. The summed E-state index contributed by atoms with van der Waals surface area (Å²) < 4.78 is 11.5. The number of methoxy groups -OCH3 is 2. The van der Waals surface area contributed by atoms with Crippen LogP contribution in [0.3, 0.4) is 0 Å². The van der Waals surface area contributed by atoms with Crippen molar-refractivity contribution in [3.8, 4) is 11.5 Å². The van der Waals surface area contributed by atoms with Gasteiger partial charge in [-0.3, -0.25) is 4.79 Å². The van der Waals surface area contributed by atoms with E-state index in [2.05, 4.69) is 21.2 Å². The Morgan fingerprint density at radius 2 is 1.83 bits per heavy atom. The Labute approximate surface area is 144 Å². The molecule has 2 aromatic rings. The Kier molecular flexibility index (Phi) is 5.82. The first-order valence-corrected chi connectivity index (χ1v) is 7.80. The molecule has 0 saturated heterocycles. The Morgan fingerprint density at radius 1 is 1.09 bits per heavy atom. The van der Waals surface area contributed by atoms with E-state index in [1.165, 1.54) is 6.92 Å². The monoisotopic (exact) mass is 375 g/mol. The first-order chi connectivity index (χ1) is 11.0. The highest BCUT2D eigenvalue weighted by atomic mass is 79.9. The van der Waals surface area contributed by atoms with Gasteiger partial charge >= 0.3 is 0 Å². The lowest BCUT2D eigenvalue weighted by molar-refractivity contribution is -0.111. The number of carbonyl (C=O) groups excluding carboxylic acids is 1. The number of hydrogen-bond donors (Lipinski definition) is 1. The second-order valence-corrected chi connectivity index (χ2v) is 5.75. The fraction of sp³-hybridized carbons (Fsp3) is 0.167. The Morgan fingerprint density at radius 3 is 2.43 bits per heavy atom. The van der Waals surface area contributed by atoms with Crippen LogP contribution in [-0.2, 0) is 4.79 Å². The largest absolute Gasteiger partial charge is 0.493 e. The molecule has 23 heavy (non-hydrogen) atoms. The van der Waals surface area contributed by atoms with Gasteiger partial charge in [-0.1, -0.05) is 28.1 Å². The molecular weight excluding hydrogens is 358 g/mol. The predicted octanol–water partition coefficient (Wildman–Crippen LogP) is 4.51. The van der Waals surface area contributed by atoms with Gasteiger partial charge in [0.2, 0.25) is 0 Å². The number of Topliss-reactive ketones (excluding diaryl/α,β-unsaturated/α-hetero) is 1. The van der Waals surface area contributed by atoms with Gasteiger partial charge in [0.05, 0.1) is 14.2 Å². The molecule has 0 aliphatic carbocycles. The van der Waals surface area contributed by atoms with Crippen molar-refractivity contribution in [1.29, 1.82) is 0 Å². The van der Waals surface area contributed by atoms with Gasteiger partial charge in [0.1, 0.15) is 0 Å². The molecule has 0 amide bonds. The average molecular weight is 376 g/mol. The van der Waals surface area contributed by atoms with E-state index in [0.29, 0.717) is 17.1 Å². The molecule has 4 nitrogen and oxygen atoms in total. The van der Waals surface area contributed by atoms with Crippen LogP contribution in [0.2, 0.25) is 0 Å². The van der Waals surface area contributed by atoms with Crippen LogP contribution >= 0.6 is 15.9 Å². The van der Waals surface area contributed by atoms with Crippen molar-refractivity contribution in [1.82, 2.24) is 0 Å². The number of benzene rings is 2. The minimum absolute atomic E-state index is 0.0419. The number of rotatable bonds is 6. The van der Waals surface area contributed by atoms with Crippen LogP contribution in [0.15, 0.2) is 53.1 Å². The van der Waals surface area contributed by atoms with E-state index < -0.39 is 0 Å². The SMILES string of the molecule is COc1ccc(C(=CNc2cccc(Br)c2)C(C)=O)cc1OC. The molecule has 0 spiro atoms. The van der Waals surface area contributed by atoms with Gasteiger partial charge in [-0.05, 0) is 42.8 Å².